The Kier molecular flexibility index (Phi) is 3.01. The van der Waals surface area contributed by atoms with E-state index in [1.807, 2.05) is 12.1 Å². The van der Waals surface area contributed by atoms with Gasteiger partial charge in [-0.25, -0.2) is 0 Å². The number of benzene rings is 1. The van der Waals surface area contributed by atoms with Crippen LogP contribution in [0.3, 0.4) is 0 Å². The lowest BCUT2D eigenvalue weighted by Crippen LogP contribution is -2.28. The first-order valence-corrected chi connectivity index (χ1v) is 5.86. The molecule has 1 aromatic rings. The number of fused-ring (bicyclic) bond motifs is 1. The number of hydrogen-bond acceptors (Lipinski definition) is 2. The number of halogens is 1. The van der Waals surface area contributed by atoms with Crippen LogP contribution in [0.1, 0.15) is 24.0 Å². The highest BCUT2D eigenvalue weighted by Gasteiger charge is 2.32. The summed E-state index contributed by atoms with van der Waals surface area (Å²) in [7, 11) is 0. The predicted octanol–water partition coefficient (Wildman–Crippen LogP) is 2.83. The zero-order valence-corrected chi connectivity index (χ0v) is 10.3. The van der Waals surface area contributed by atoms with E-state index in [4.69, 9.17) is 10.9 Å². The highest BCUT2D eigenvalue weighted by atomic mass is 79.9. The van der Waals surface area contributed by atoms with Crippen molar-refractivity contribution >= 4 is 27.8 Å². The average Bonchev–Trinajstić information content (AvgIpc) is 2.29. The second-order valence-electron chi connectivity index (χ2n) is 3.93. The summed E-state index contributed by atoms with van der Waals surface area (Å²) in [6.07, 6.45) is 5.52. The number of alkyl halides is 1. The molecule has 0 saturated heterocycles. The maximum atomic E-state index is 8.65. The molecule has 16 heavy (non-hydrogen) atoms. The van der Waals surface area contributed by atoms with E-state index in [0.29, 0.717) is 6.42 Å². The van der Waals surface area contributed by atoms with Crippen molar-refractivity contribution in [3.63, 3.8) is 0 Å². The van der Waals surface area contributed by atoms with Crippen molar-refractivity contribution in [2.45, 2.75) is 17.2 Å². The van der Waals surface area contributed by atoms with Crippen LogP contribution in [0.15, 0.2) is 35.5 Å². The summed E-state index contributed by atoms with van der Waals surface area (Å²) in [5.41, 5.74) is 7.95. The standard InChI is InChI=1S/C12H13BrN2O/c13-12(8-11(14)15-16)7-3-5-9-4-1-2-6-10(9)12/h1-6,16H,7-8H2,(H2,14,15). The van der Waals surface area contributed by atoms with Crippen LogP contribution in [-0.2, 0) is 4.32 Å². The fraction of sp³-hybridized carbons (Fsp3) is 0.250. The first-order chi connectivity index (χ1) is 7.65. The molecule has 0 radical (unpaired) electrons. The summed E-state index contributed by atoms with van der Waals surface area (Å²) in [4.78, 5) is 0. The summed E-state index contributed by atoms with van der Waals surface area (Å²) in [5.74, 6) is 0.238. The van der Waals surface area contributed by atoms with Crippen molar-refractivity contribution in [1.29, 1.82) is 0 Å². The minimum Gasteiger partial charge on any atom is -0.409 e. The predicted molar refractivity (Wildman–Crippen MR) is 68.7 cm³/mol. The van der Waals surface area contributed by atoms with E-state index < -0.39 is 0 Å². The highest BCUT2D eigenvalue weighted by molar-refractivity contribution is 9.09. The normalized spacial score (nSPS) is 24.2. The quantitative estimate of drug-likeness (QED) is 0.288. The van der Waals surface area contributed by atoms with Gasteiger partial charge in [0.15, 0.2) is 0 Å². The third kappa shape index (κ3) is 1.97. The third-order valence-electron chi connectivity index (χ3n) is 2.77. The summed E-state index contributed by atoms with van der Waals surface area (Å²) >= 11 is 3.71. The topological polar surface area (TPSA) is 58.6 Å². The molecule has 0 fully saturated rings. The molecule has 0 aromatic heterocycles. The molecule has 0 saturated carbocycles. The van der Waals surface area contributed by atoms with Gasteiger partial charge in [0.1, 0.15) is 5.84 Å². The van der Waals surface area contributed by atoms with Crippen LogP contribution in [0.25, 0.3) is 6.08 Å². The summed E-state index contributed by atoms with van der Waals surface area (Å²) in [6.45, 7) is 0. The average molecular weight is 281 g/mol. The number of hydrogen-bond donors (Lipinski definition) is 2. The van der Waals surface area contributed by atoms with Crippen LogP contribution in [0.4, 0.5) is 0 Å². The van der Waals surface area contributed by atoms with Gasteiger partial charge < -0.3 is 10.9 Å². The Labute approximate surface area is 103 Å². The van der Waals surface area contributed by atoms with Crippen LogP contribution in [0.5, 0.6) is 0 Å². The van der Waals surface area contributed by atoms with Gasteiger partial charge in [0.25, 0.3) is 0 Å². The summed E-state index contributed by atoms with van der Waals surface area (Å²) < 4.78 is -0.255. The van der Waals surface area contributed by atoms with E-state index in [0.717, 1.165) is 6.42 Å². The summed E-state index contributed by atoms with van der Waals surface area (Å²) in [5, 5.41) is 11.7. The Morgan fingerprint density at radius 2 is 2.25 bits per heavy atom. The molecule has 3 nitrogen and oxygen atoms in total. The SMILES string of the molecule is N/C(CC1(Br)CC=Cc2ccccc21)=N\O. The van der Waals surface area contributed by atoms with Crippen LogP contribution in [0, 0.1) is 0 Å². The van der Waals surface area contributed by atoms with Crippen molar-refractivity contribution in [1.82, 2.24) is 0 Å². The molecule has 0 amide bonds. The molecular formula is C12H13BrN2O. The first-order valence-electron chi connectivity index (χ1n) is 5.07. The highest BCUT2D eigenvalue weighted by Crippen LogP contribution is 2.43. The Morgan fingerprint density at radius 3 is 3.00 bits per heavy atom. The van der Waals surface area contributed by atoms with Gasteiger partial charge in [-0.1, -0.05) is 57.5 Å². The number of nitrogens with two attached hydrogens (primary N) is 1. The molecule has 1 unspecified atom stereocenters. The Balaban J connectivity index is 2.40. The van der Waals surface area contributed by atoms with Crippen molar-refractivity contribution in [3.8, 4) is 0 Å². The maximum absolute atomic E-state index is 8.65. The number of oxime groups is 1. The zero-order valence-electron chi connectivity index (χ0n) is 8.73. The minimum absolute atomic E-state index is 0.238. The van der Waals surface area contributed by atoms with Gasteiger partial charge in [0, 0.05) is 6.42 Å². The van der Waals surface area contributed by atoms with Crippen molar-refractivity contribution in [3.05, 3.63) is 41.5 Å². The molecule has 0 aliphatic heterocycles. The van der Waals surface area contributed by atoms with Crippen molar-refractivity contribution in [2.75, 3.05) is 0 Å². The second-order valence-corrected chi connectivity index (χ2v) is 5.45. The van der Waals surface area contributed by atoms with E-state index in [1.54, 1.807) is 0 Å². The van der Waals surface area contributed by atoms with Crippen molar-refractivity contribution in [2.24, 2.45) is 10.9 Å². The molecule has 0 heterocycles. The Bertz CT molecular complexity index is 456. The van der Waals surface area contributed by atoms with Gasteiger partial charge in [0.2, 0.25) is 0 Å². The first kappa shape index (κ1) is 11.2. The molecule has 3 N–H and O–H groups in total. The fourth-order valence-corrected chi connectivity index (χ4v) is 2.86. The molecule has 0 bridgehead atoms. The van der Waals surface area contributed by atoms with E-state index in [-0.39, 0.29) is 10.2 Å². The van der Waals surface area contributed by atoms with Gasteiger partial charge in [0.05, 0.1) is 4.32 Å². The number of rotatable bonds is 2. The smallest absolute Gasteiger partial charge is 0.140 e. The van der Waals surface area contributed by atoms with E-state index in [9.17, 15) is 0 Å². The number of allylic oxidation sites excluding steroid dienone is 1. The molecule has 1 aromatic carbocycles. The van der Waals surface area contributed by atoms with Crippen LogP contribution in [0.2, 0.25) is 0 Å². The molecule has 84 valence electrons. The monoisotopic (exact) mass is 280 g/mol. The molecule has 1 aliphatic rings. The molecule has 1 aliphatic carbocycles. The van der Waals surface area contributed by atoms with Crippen LogP contribution in [-0.4, -0.2) is 11.0 Å². The van der Waals surface area contributed by atoms with Gasteiger partial charge in [-0.15, -0.1) is 0 Å². The van der Waals surface area contributed by atoms with E-state index >= 15 is 0 Å². The van der Waals surface area contributed by atoms with Gasteiger partial charge in [-0.2, -0.15) is 0 Å². The fourth-order valence-electron chi connectivity index (χ4n) is 2.02. The van der Waals surface area contributed by atoms with Crippen LogP contribution >= 0.6 is 15.9 Å². The number of nitrogens with zero attached hydrogens (tertiary/aromatic N) is 1. The molecule has 1 atom stereocenters. The minimum atomic E-state index is -0.255. The largest absolute Gasteiger partial charge is 0.409 e. The van der Waals surface area contributed by atoms with Crippen LogP contribution < -0.4 is 5.73 Å². The van der Waals surface area contributed by atoms with E-state index in [1.165, 1.54) is 11.1 Å². The molecule has 2 rings (SSSR count). The lowest BCUT2D eigenvalue weighted by Gasteiger charge is -2.30. The Hall–Kier alpha value is -1.29. The maximum Gasteiger partial charge on any atom is 0.140 e. The second kappa shape index (κ2) is 4.29. The zero-order chi connectivity index (χ0) is 11.6. The van der Waals surface area contributed by atoms with Gasteiger partial charge in [-0.05, 0) is 17.5 Å². The molecular weight excluding hydrogens is 268 g/mol. The summed E-state index contributed by atoms with van der Waals surface area (Å²) in [6, 6.07) is 8.14. The van der Waals surface area contributed by atoms with Gasteiger partial charge in [-0.3, -0.25) is 0 Å². The van der Waals surface area contributed by atoms with Crippen molar-refractivity contribution < 1.29 is 5.21 Å². The Morgan fingerprint density at radius 1 is 1.50 bits per heavy atom. The molecule has 0 spiro atoms. The lowest BCUT2D eigenvalue weighted by atomic mass is 9.84. The van der Waals surface area contributed by atoms with Gasteiger partial charge >= 0.3 is 0 Å². The van der Waals surface area contributed by atoms with E-state index in [2.05, 4.69) is 45.4 Å². The molecule has 4 heteroatoms. The number of amidine groups is 1. The lowest BCUT2D eigenvalue weighted by molar-refractivity contribution is 0.316. The third-order valence-corrected chi connectivity index (χ3v) is 3.80.